The molecule has 0 spiro atoms. The molecule has 2 amide bonds. The number of methoxy groups -OCH3 is 2. The fourth-order valence-corrected chi connectivity index (χ4v) is 2.93. The Hall–Kier alpha value is -1.99. The number of carbonyl (C=O) groups is 1. The van der Waals surface area contributed by atoms with E-state index in [1.165, 1.54) is 4.90 Å². The first kappa shape index (κ1) is 19.3. The summed E-state index contributed by atoms with van der Waals surface area (Å²) < 4.78 is 16.0. The average molecular weight is 352 g/mol. The fraction of sp³-hybridized carbons (Fsp3) is 0.611. The topological polar surface area (TPSA) is 55.7 Å². The number of carbonyl (C=O) groups excluding carboxylic acids is 1. The summed E-state index contributed by atoms with van der Waals surface area (Å²) in [6.07, 6.45) is 0. The maximum absolute atomic E-state index is 12.6. The summed E-state index contributed by atoms with van der Waals surface area (Å²) >= 11 is 0. The maximum atomic E-state index is 12.6. The third-order valence-corrected chi connectivity index (χ3v) is 4.41. The third kappa shape index (κ3) is 5.51. The lowest BCUT2D eigenvalue weighted by atomic mass is 10.2. The molecular weight excluding hydrogens is 322 g/mol. The van der Waals surface area contributed by atoms with Crippen LogP contribution < -0.4 is 14.4 Å². The third-order valence-electron chi connectivity index (χ3n) is 4.41. The predicted octanol–water partition coefficient (Wildman–Crippen LogP) is 0.103. The molecule has 0 atom stereocenters. The molecule has 1 aliphatic rings. The fourth-order valence-electron chi connectivity index (χ4n) is 2.93. The molecule has 1 aliphatic heterocycles. The van der Waals surface area contributed by atoms with E-state index in [2.05, 4.69) is 0 Å². The van der Waals surface area contributed by atoms with Crippen molar-refractivity contribution in [2.45, 2.75) is 6.54 Å². The molecule has 0 aromatic heterocycles. The molecule has 0 radical (unpaired) electrons. The zero-order valence-corrected chi connectivity index (χ0v) is 15.7. The van der Waals surface area contributed by atoms with Crippen molar-refractivity contribution >= 4 is 6.03 Å². The lowest BCUT2D eigenvalue weighted by Crippen LogP contribution is -3.14. The Morgan fingerprint density at radius 3 is 2.44 bits per heavy atom. The second-order valence-electron chi connectivity index (χ2n) is 6.40. The Balaban J connectivity index is 2.05. The Kier molecular flexibility index (Phi) is 7.33. The van der Waals surface area contributed by atoms with E-state index in [1.54, 1.807) is 33.2 Å². The van der Waals surface area contributed by atoms with Crippen LogP contribution in [0.2, 0.25) is 0 Å². The number of nitrogens with one attached hydrogen (secondary N) is 1. The number of morpholine rings is 1. The van der Waals surface area contributed by atoms with Crippen LogP contribution in [0.1, 0.15) is 5.56 Å². The van der Waals surface area contributed by atoms with E-state index in [1.807, 2.05) is 23.1 Å². The summed E-state index contributed by atoms with van der Waals surface area (Å²) in [5.41, 5.74) is 1.02. The molecule has 1 saturated heterocycles. The largest absolute Gasteiger partial charge is 0.493 e. The highest BCUT2D eigenvalue weighted by atomic mass is 16.5. The Morgan fingerprint density at radius 1 is 1.16 bits per heavy atom. The molecule has 0 bridgehead atoms. The number of amides is 2. The van der Waals surface area contributed by atoms with Crippen LogP contribution in [-0.4, -0.2) is 83.5 Å². The second kappa shape index (κ2) is 9.48. The zero-order valence-electron chi connectivity index (χ0n) is 15.7. The number of hydrogen-bond acceptors (Lipinski definition) is 4. The molecular formula is C18H30N3O4+. The minimum Gasteiger partial charge on any atom is -0.493 e. The van der Waals surface area contributed by atoms with Crippen molar-refractivity contribution in [3.05, 3.63) is 23.8 Å². The summed E-state index contributed by atoms with van der Waals surface area (Å²) in [7, 11) is 6.80. The minimum atomic E-state index is 0.0162. The van der Waals surface area contributed by atoms with Crippen LogP contribution >= 0.6 is 0 Å². The maximum Gasteiger partial charge on any atom is 0.319 e. The van der Waals surface area contributed by atoms with Crippen LogP contribution in [0.3, 0.4) is 0 Å². The lowest BCUT2D eigenvalue weighted by Gasteiger charge is -2.29. The van der Waals surface area contributed by atoms with Crippen molar-refractivity contribution in [3.8, 4) is 11.5 Å². The standard InChI is InChI=1S/C18H29N3O4/c1-19(2)18(22)21(8-7-20-9-11-25-12-10-20)14-15-5-6-16(23-3)17(13-15)24-4/h5-6,13H,7-12,14H2,1-4H3/p+1. The van der Waals surface area contributed by atoms with Gasteiger partial charge in [-0.2, -0.15) is 0 Å². The van der Waals surface area contributed by atoms with Gasteiger partial charge in [0.2, 0.25) is 0 Å². The predicted molar refractivity (Wildman–Crippen MR) is 95.4 cm³/mol. The molecule has 0 aliphatic carbocycles. The first-order chi connectivity index (χ1) is 12.0. The van der Waals surface area contributed by atoms with Crippen molar-refractivity contribution in [3.63, 3.8) is 0 Å². The van der Waals surface area contributed by atoms with Crippen molar-refractivity contribution in [2.24, 2.45) is 0 Å². The molecule has 1 heterocycles. The van der Waals surface area contributed by atoms with Crippen molar-refractivity contribution in [1.82, 2.24) is 9.80 Å². The van der Waals surface area contributed by atoms with Crippen LogP contribution in [0.4, 0.5) is 4.79 Å². The van der Waals surface area contributed by atoms with Gasteiger partial charge in [-0.15, -0.1) is 0 Å². The van der Waals surface area contributed by atoms with Gasteiger partial charge >= 0.3 is 6.03 Å². The Labute approximate surface area is 150 Å². The summed E-state index contributed by atoms with van der Waals surface area (Å²) in [6.45, 7) is 5.78. The van der Waals surface area contributed by atoms with Gasteiger partial charge in [0.05, 0.1) is 40.5 Å². The van der Waals surface area contributed by atoms with Gasteiger partial charge in [0.15, 0.2) is 11.5 Å². The first-order valence-corrected chi connectivity index (χ1v) is 8.63. The number of urea groups is 1. The molecule has 0 unspecified atom stereocenters. The highest BCUT2D eigenvalue weighted by Crippen LogP contribution is 2.28. The van der Waals surface area contributed by atoms with E-state index < -0.39 is 0 Å². The quantitative estimate of drug-likeness (QED) is 0.756. The van der Waals surface area contributed by atoms with Crippen LogP contribution in [0.5, 0.6) is 11.5 Å². The molecule has 1 aromatic rings. The number of benzene rings is 1. The normalized spacial score (nSPS) is 14.9. The van der Waals surface area contributed by atoms with Gasteiger partial charge in [-0.05, 0) is 17.7 Å². The minimum absolute atomic E-state index is 0.0162. The average Bonchev–Trinajstić information content (AvgIpc) is 2.65. The van der Waals surface area contributed by atoms with Crippen LogP contribution in [0.15, 0.2) is 18.2 Å². The lowest BCUT2D eigenvalue weighted by molar-refractivity contribution is -0.907. The first-order valence-electron chi connectivity index (χ1n) is 8.63. The van der Waals surface area contributed by atoms with Gasteiger partial charge < -0.3 is 28.9 Å². The highest BCUT2D eigenvalue weighted by Gasteiger charge is 2.20. The summed E-state index contributed by atoms with van der Waals surface area (Å²) in [6, 6.07) is 5.79. The van der Waals surface area contributed by atoms with E-state index in [4.69, 9.17) is 14.2 Å². The zero-order chi connectivity index (χ0) is 18.2. The molecule has 140 valence electrons. The van der Waals surface area contributed by atoms with Crippen LogP contribution in [0.25, 0.3) is 0 Å². The highest BCUT2D eigenvalue weighted by molar-refractivity contribution is 5.73. The monoisotopic (exact) mass is 352 g/mol. The van der Waals surface area contributed by atoms with Gasteiger partial charge in [0.25, 0.3) is 0 Å². The van der Waals surface area contributed by atoms with Gasteiger partial charge in [-0.1, -0.05) is 6.07 Å². The SMILES string of the molecule is COc1ccc(CN(CC[NH+]2CCOCC2)C(=O)N(C)C)cc1OC. The van der Waals surface area contributed by atoms with E-state index in [0.717, 1.165) is 38.4 Å². The molecule has 1 N–H and O–H groups in total. The summed E-state index contributed by atoms with van der Waals surface area (Å²) in [5.74, 6) is 1.37. The van der Waals surface area contributed by atoms with E-state index in [9.17, 15) is 4.79 Å². The molecule has 25 heavy (non-hydrogen) atoms. The van der Waals surface area contributed by atoms with E-state index >= 15 is 0 Å². The number of rotatable bonds is 7. The Morgan fingerprint density at radius 2 is 1.84 bits per heavy atom. The van der Waals surface area contributed by atoms with Crippen molar-refractivity contribution < 1.29 is 23.9 Å². The van der Waals surface area contributed by atoms with Gasteiger partial charge in [0.1, 0.15) is 13.1 Å². The number of nitrogens with zero attached hydrogens (tertiary/aromatic N) is 2. The summed E-state index contributed by atoms with van der Waals surface area (Å²) in [4.78, 5) is 17.5. The molecule has 2 rings (SSSR count). The van der Waals surface area contributed by atoms with E-state index in [0.29, 0.717) is 24.6 Å². The van der Waals surface area contributed by atoms with Gasteiger partial charge in [0, 0.05) is 20.6 Å². The van der Waals surface area contributed by atoms with Crippen LogP contribution in [-0.2, 0) is 11.3 Å². The van der Waals surface area contributed by atoms with Crippen LogP contribution in [0, 0.1) is 0 Å². The van der Waals surface area contributed by atoms with Gasteiger partial charge in [-0.3, -0.25) is 0 Å². The molecule has 7 nitrogen and oxygen atoms in total. The summed E-state index contributed by atoms with van der Waals surface area (Å²) in [5, 5.41) is 0. The molecule has 0 saturated carbocycles. The smallest absolute Gasteiger partial charge is 0.319 e. The van der Waals surface area contributed by atoms with Crippen molar-refractivity contribution in [1.29, 1.82) is 0 Å². The molecule has 7 heteroatoms. The van der Waals surface area contributed by atoms with Crippen molar-refractivity contribution in [2.75, 3.05) is 67.7 Å². The van der Waals surface area contributed by atoms with E-state index in [-0.39, 0.29) is 6.03 Å². The van der Waals surface area contributed by atoms with Gasteiger partial charge in [-0.25, -0.2) is 4.79 Å². The molecule has 1 fully saturated rings. The molecule has 1 aromatic carbocycles. The second-order valence-corrected chi connectivity index (χ2v) is 6.40. The Bertz CT molecular complexity index is 559. The number of quaternary nitrogens is 1. The number of ether oxygens (including phenoxy) is 3. The number of hydrogen-bond donors (Lipinski definition) is 1.